The van der Waals surface area contributed by atoms with Crippen molar-refractivity contribution in [3.8, 4) is 0 Å². The number of carbonyl (C=O) groups excluding carboxylic acids is 2. The first-order chi connectivity index (χ1) is 14.3. The first-order valence-electron chi connectivity index (χ1n) is 9.33. The molecule has 2 aromatic heterocycles. The third-order valence-corrected chi connectivity index (χ3v) is 5.78. The fourth-order valence-corrected chi connectivity index (χ4v) is 4.00. The number of aromatic nitrogens is 2. The Kier molecular flexibility index (Phi) is 6.63. The van der Waals surface area contributed by atoms with Gasteiger partial charge in [0.05, 0.1) is 18.3 Å². The van der Waals surface area contributed by atoms with Crippen LogP contribution < -0.4 is 10.9 Å². The highest BCUT2D eigenvalue weighted by Gasteiger charge is 2.21. The molecule has 0 aliphatic rings. The zero-order valence-corrected chi connectivity index (χ0v) is 18.1. The van der Waals surface area contributed by atoms with Crippen LogP contribution in [0.2, 0.25) is 0 Å². The average molecular weight is 429 g/mol. The van der Waals surface area contributed by atoms with Crippen molar-refractivity contribution in [2.24, 2.45) is 0 Å². The summed E-state index contributed by atoms with van der Waals surface area (Å²) >= 11 is 1.10. The maximum absolute atomic E-state index is 12.9. The summed E-state index contributed by atoms with van der Waals surface area (Å²) in [5, 5.41) is 3.15. The van der Waals surface area contributed by atoms with Gasteiger partial charge >= 0.3 is 5.97 Å². The SMILES string of the molecule is COCCOC(=O)c1sc2ncn(CC(=O)Nc3cc(C)ccc3C)c(=O)c2c1C. The number of anilines is 1. The number of esters is 1. The number of amides is 1. The molecular formula is C21H23N3O5S. The van der Waals surface area contributed by atoms with Gasteiger partial charge in [-0.15, -0.1) is 11.3 Å². The van der Waals surface area contributed by atoms with Gasteiger partial charge in [-0.2, -0.15) is 0 Å². The van der Waals surface area contributed by atoms with E-state index in [9.17, 15) is 14.4 Å². The third-order valence-electron chi connectivity index (χ3n) is 4.60. The minimum Gasteiger partial charge on any atom is -0.459 e. The van der Waals surface area contributed by atoms with Crippen molar-refractivity contribution >= 4 is 39.1 Å². The normalized spacial score (nSPS) is 10.9. The molecule has 0 bridgehead atoms. The lowest BCUT2D eigenvalue weighted by Crippen LogP contribution is -2.28. The Morgan fingerprint density at radius 1 is 1.20 bits per heavy atom. The van der Waals surface area contributed by atoms with E-state index in [1.54, 1.807) is 6.92 Å². The number of carbonyl (C=O) groups is 2. The molecular weight excluding hydrogens is 406 g/mol. The molecule has 0 atom stereocenters. The molecule has 3 rings (SSSR count). The van der Waals surface area contributed by atoms with E-state index in [1.165, 1.54) is 18.0 Å². The number of fused-ring (bicyclic) bond motifs is 1. The Morgan fingerprint density at radius 2 is 1.97 bits per heavy atom. The van der Waals surface area contributed by atoms with E-state index in [0.717, 1.165) is 22.5 Å². The second-order valence-corrected chi connectivity index (χ2v) is 7.91. The van der Waals surface area contributed by atoms with Crippen LogP contribution in [0.15, 0.2) is 29.3 Å². The van der Waals surface area contributed by atoms with Crippen LogP contribution in [0.5, 0.6) is 0 Å². The number of benzene rings is 1. The minimum atomic E-state index is -0.522. The van der Waals surface area contributed by atoms with Crippen molar-refractivity contribution in [1.29, 1.82) is 0 Å². The lowest BCUT2D eigenvalue weighted by Gasteiger charge is -2.10. The molecule has 9 heteroatoms. The summed E-state index contributed by atoms with van der Waals surface area (Å²) in [7, 11) is 1.52. The molecule has 0 saturated heterocycles. The summed E-state index contributed by atoms with van der Waals surface area (Å²) in [4.78, 5) is 42.7. The Labute approximate surface area is 177 Å². The molecule has 0 saturated carbocycles. The van der Waals surface area contributed by atoms with E-state index in [1.807, 2.05) is 32.0 Å². The molecule has 0 unspecified atom stereocenters. The number of nitrogens with one attached hydrogen (secondary N) is 1. The van der Waals surface area contributed by atoms with Crippen molar-refractivity contribution in [2.75, 3.05) is 25.6 Å². The number of nitrogens with zero attached hydrogens (tertiary/aromatic N) is 2. The van der Waals surface area contributed by atoms with E-state index < -0.39 is 5.97 Å². The summed E-state index contributed by atoms with van der Waals surface area (Å²) in [5.41, 5.74) is 2.78. The molecule has 2 heterocycles. The minimum absolute atomic E-state index is 0.124. The van der Waals surface area contributed by atoms with Crippen LogP contribution in [0.4, 0.5) is 5.69 Å². The number of hydrogen-bond donors (Lipinski definition) is 1. The highest BCUT2D eigenvalue weighted by Crippen LogP contribution is 2.27. The summed E-state index contributed by atoms with van der Waals surface area (Å²) in [6.07, 6.45) is 1.32. The lowest BCUT2D eigenvalue weighted by atomic mass is 10.1. The van der Waals surface area contributed by atoms with Gasteiger partial charge in [0.1, 0.15) is 22.9 Å². The quantitative estimate of drug-likeness (QED) is 0.458. The second kappa shape index (κ2) is 9.19. The maximum atomic E-state index is 12.9. The predicted octanol–water partition coefficient (Wildman–Crippen LogP) is 2.83. The number of ether oxygens (including phenoxy) is 2. The summed E-state index contributed by atoms with van der Waals surface area (Å²) < 4.78 is 11.3. The smallest absolute Gasteiger partial charge is 0.348 e. The molecule has 0 fully saturated rings. The molecule has 8 nitrogen and oxygen atoms in total. The van der Waals surface area contributed by atoms with Gasteiger partial charge in [-0.3, -0.25) is 14.2 Å². The number of methoxy groups -OCH3 is 1. The molecule has 158 valence electrons. The van der Waals surface area contributed by atoms with E-state index in [2.05, 4.69) is 10.3 Å². The van der Waals surface area contributed by atoms with Gasteiger partial charge in [0.15, 0.2) is 0 Å². The number of rotatable bonds is 7. The molecule has 0 aliphatic carbocycles. The lowest BCUT2D eigenvalue weighted by molar-refractivity contribution is -0.116. The van der Waals surface area contributed by atoms with Crippen LogP contribution in [-0.4, -0.2) is 41.8 Å². The van der Waals surface area contributed by atoms with E-state index in [0.29, 0.717) is 26.3 Å². The summed E-state index contributed by atoms with van der Waals surface area (Å²) in [6.45, 7) is 5.74. The van der Waals surface area contributed by atoms with E-state index >= 15 is 0 Å². The van der Waals surface area contributed by atoms with Gasteiger partial charge in [-0.05, 0) is 43.5 Å². The molecule has 0 aliphatic heterocycles. The van der Waals surface area contributed by atoms with Crippen LogP contribution >= 0.6 is 11.3 Å². The van der Waals surface area contributed by atoms with Crippen LogP contribution in [0.3, 0.4) is 0 Å². The second-order valence-electron chi connectivity index (χ2n) is 6.91. The van der Waals surface area contributed by atoms with Gasteiger partial charge < -0.3 is 14.8 Å². The van der Waals surface area contributed by atoms with Crippen LogP contribution in [0.25, 0.3) is 10.2 Å². The standard InChI is InChI=1S/C21H23N3O5S/c1-12-5-6-13(2)15(9-12)23-16(25)10-24-11-22-19-17(20(24)26)14(3)18(30-19)21(27)29-8-7-28-4/h5-6,9,11H,7-8,10H2,1-4H3,(H,23,25). The average Bonchev–Trinajstić information content (AvgIpc) is 3.04. The molecule has 1 N–H and O–H groups in total. The zero-order valence-electron chi connectivity index (χ0n) is 17.3. The van der Waals surface area contributed by atoms with Crippen molar-refractivity contribution in [2.45, 2.75) is 27.3 Å². The number of thiophene rings is 1. The third kappa shape index (κ3) is 4.58. The highest BCUT2D eigenvalue weighted by molar-refractivity contribution is 7.20. The first kappa shape index (κ1) is 21.7. The fraction of sp³-hybridized carbons (Fsp3) is 0.333. The maximum Gasteiger partial charge on any atom is 0.348 e. The van der Waals surface area contributed by atoms with Crippen molar-refractivity contribution in [3.05, 3.63) is 56.4 Å². The summed E-state index contributed by atoms with van der Waals surface area (Å²) in [5.74, 6) is -0.856. The topological polar surface area (TPSA) is 99.5 Å². The van der Waals surface area contributed by atoms with Crippen molar-refractivity contribution < 1.29 is 19.1 Å². The Morgan fingerprint density at radius 3 is 2.70 bits per heavy atom. The monoisotopic (exact) mass is 429 g/mol. The Bertz CT molecular complexity index is 1170. The Hall–Kier alpha value is -3.04. The van der Waals surface area contributed by atoms with Gasteiger partial charge in [0, 0.05) is 12.8 Å². The van der Waals surface area contributed by atoms with Gasteiger partial charge in [-0.1, -0.05) is 12.1 Å². The van der Waals surface area contributed by atoms with Crippen molar-refractivity contribution in [1.82, 2.24) is 9.55 Å². The van der Waals surface area contributed by atoms with E-state index in [-0.39, 0.29) is 31.2 Å². The molecule has 3 aromatic rings. The van der Waals surface area contributed by atoms with Gasteiger partial charge in [0.25, 0.3) is 5.56 Å². The van der Waals surface area contributed by atoms with E-state index in [4.69, 9.17) is 9.47 Å². The predicted molar refractivity (Wildman–Crippen MR) is 115 cm³/mol. The molecule has 1 aromatic carbocycles. The summed E-state index contributed by atoms with van der Waals surface area (Å²) in [6, 6.07) is 5.76. The largest absolute Gasteiger partial charge is 0.459 e. The van der Waals surface area contributed by atoms with Crippen molar-refractivity contribution in [3.63, 3.8) is 0 Å². The Balaban J connectivity index is 1.83. The van der Waals surface area contributed by atoms with Gasteiger partial charge in [-0.25, -0.2) is 9.78 Å². The van der Waals surface area contributed by atoms with Crippen LogP contribution in [0.1, 0.15) is 26.4 Å². The van der Waals surface area contributed by atoms with Gasteiger partial charge in [0.2, 0.25) is 5.91 Å². The van der Waals surface area contributed by atoms with Crippen LogP contribution in [-0.2, 0) is 20.8 Å². The fourth-order valence-electron chi connectivity index (χ4n) is 2.96. The highest BCUT2D eigenvalue weighted by atomic mass is 32.1. The first-order valence-corrected chi connectivity index (χ1v) is 10.1. The molecule has 0 spiro atoms. The number of hydrogen-bond acceptors (Lipinski definition) is 7. The number of aryl methyl sites for hydroxylation is 3. The zero-order chi connectivity index (χ0) is 21.8. The molecule has 30 heavy (non-hydrogen) atoms. The molecule has 0 radical (unpaired) electrons. The van der Waals surface area contributed by atoms with Crippen LogP contribution in [0, 0.1) is 20.8 Å². The molecule has 1 amide bonds.